The molecule has 0 radical (unpaired) electrons. The van der Waals surface area contributed by atoms with Gasteiger partial charge in [-0.15, -0.1) is 0 Å². The molecule has 6 nitrogen and oxygen atoms in total. The number of hydrogen-bond donors (Lipinski definition) is 1. The number of nitrogens with one attached hydrogen (secondary N) is 1. The number of carbonyl (C=O) groups is 1. The average molecular weight is 419 g/mol. The number of benzene rings is 2. The Morgan fingerprint density at radius 3 is 2.73 bits per heavy atom. The Labute approximate surface area is 179 Å². The van der Waals surface area contributed by atoms with E-state index < -0.39 is 0 Å². The molecular formula is C23H22N4O2S. The topological polar surface area (TPSA) is 69.0 Å². The van der Waals surface area contributed by atoms with E-state index in [1.807, 2.05) is 54.8 Å². The lowest BCUT2D eigenvalue weighted by atomic mass is 10.1. The number of carbonyl (C=O) groups excluding carboxylic acids is 1. The molecule has 4 rings (SSSR count). The monoisotopic (exact) mass is 418 g/mol. The molecule has 0 aliphatic rings. The van der Waals surface area contributed by atoms with Gasteiger partial charge in [-0.3, -0.25) is 4.79 Å². The van der Waals surface area contributed by atoms with Gasteiger partial charge in [-0.1, -0.05) is 6.07 Å². The second kappa shape index (κ2) is 8.92. The number of amides is 1. The Morgan fingerprint density at radius 1 is 1.17 bits per heavy atom. The van der Waals surface area contributed by atoms with E-state index in [2.05, 4.69) is 26.8 Å². The molecule has 0 aliphatic carbocycles. The fraction of sp³-hybridized carbons (Fsp3) is 0.174. The summed E-state index contributed by atoms with van der Waals surface area (Å²) in [6.45, 7) is 2.45. The first-order chi connectivity index (χ1) is 14.6. The quantitative estimate of drug-likeness (QED) is 0.486. The standard InChI is InChI=1S/C23H22N4O2S/c1-16-25-22(18-6-8-21(29-2)9-7-18)27(26-16)20-5-3-4-19(14-20)23(28)24-12-10-17-11-13-30-15-17/h3-9,11,13-15H,10,12H2,1-2H3,(H,24,28). The lowest BCUT2D eigenvalue weighted by Crippen LogP contribution is -2.25. The van der Waals surface area contributed by atoms with Crippen molar-refractivity contribution >= 4 is 17.2 Å². The summed E-state index contributed by atoms with van der Waals surface area (Å²) in [5, 5.41) is 11.7. The van der Waals surface area contributed by atoms with Gasteiger partial charge in [0.25, 0.3) is 5.91 Å². The summed E-state index contributed by atoms with van der Waals surface area (Å²) in [5.74, 6) is 2.05. The van der Waals surface area contributed by atoms with Gasteiger partial charge in [0, 0.05) is 17.7 Å². The van der Waals surface area contributed by atoms with E-state index in [1.54, 1.807) is 29.2 Å². The number of rotatable bonds is 7. The Hall–Kier alpha value is -3.45. The third kappa shape index (κ3) is 4.41. The molecule has 2 aromatic carbocycles. The van der Waals surface area contributed by atoms with Crippen molar-refractivity contribution < 1.29 is 9.53 Å². The first-order valence-corrected chi connectivity index (χ1v) is 10.6. The summed E-state index contributed by atoms with van der Waals surface area (Å²) < 4.78 is 7.00. The predicted molar refractivity (Wildman–Crippen MR) is 118 cm³/mol. The number of aromatic nitrogens is 3. The van der Waals surface area contributed by atoms with E-state index in [1.165, 1.54) is 5.56 Å². The van der Waals surface area contributed by atoms with Crippen LogP contribution in [0.15, 0.2) is 65.4 Å². The Bertz CT molecular complexity index is 1130. The molecule has 0 unspecified atom stereocenters. The van der Waals surface area contributed by atoms with Crippen molar-refractivity contribution in [2.75, 3.05) is 13.7 Å². The molecular weight excluding hydrogens is 396 g/mol. The van der Waals surface area contributed by atoms with Crippen molar-refractivity contribution in [3.63, 3.8) is 0 Å². The molecule has 30 heavy (non-hydrogen) atoms. The third-order valence-electron chi connectivity index (χ3n) is 4.69. The van der Waals surface area contributed by atoms with Crippen LogP contribution in [0.5, 0.6) is 5.75 Å². The largest absolute Gasteiger partial charge is 0.497 e. The summed E-state index contributed by atoms with van der Waals surface area (Å²) in [4.78, 5) is 17.2. The molecule has 152 valence electrons. The highest BCUT2D eigenvalue weighted by Gasteiger charge is 2.14. The van der Waals surface area contributed by atoms with Gasteiger partial charge in [0.05, 0.1) is 12.8 Å². The maximum Gasteiger partial charge on any atom is 0.251 e. The molecule has 4 aromatic rings. The van der Waals surface area contributed by atoms with Gasteiger partial charge >= 0.3 is 0 Å². The fourth-order valence-electron chi connectivity index (χ4n) is 3.16. The lowest BCUT2D eigenvalue weighted by molar-refractivity contribution is 0.0954. The zero-order valence-corrected chi connectivity index (χ0v) is 17.6. The summed E-state index contributed by atoms with van der Waals surface area (Å²) in [6.07, 6.45) is 0.818. The molecule has 0 fully saturated rings. The van der Waals surface area contributed by atoms with E-state index in [0.717, 1.165) is 23.4 Å². The molecule has 1 N–H and O–H groups in total. The highest BCUT2D eigenvalue weighted by Crippen LogP contribution is 2.24. The Morgan fingerprint density at radius 2 is 2.00 bits per heavy atom. The molecule has 0 saturated carbocycles. The van der Waals surface area contributed by atoms with Crippen LogP contribution in [0.3, 0.4) is 0 Å². The highest BCUT2D eigenvalue weighted by molar-refractivity contribution is 7.07. The van der Waals surface area contributed by atoms with Gasteiger partial charge in [-0.2, -0.15) is 16.4 Å². The highest BCUT2D eigenvalue weighted by atomic mass is 32.1. The lowest BCUT2D eigenvalue weighted by Gasteiger charge is -2.09. The van der Waals surface area contributed by atoms with Crippen LogP contribution in [-0.4, -0.2) is 34.3 Å². The number of aryl methyl sites for hydroxylation is 1. The van der Waals surface area contributed by atoms with Crippen molar-refractivity contribution in [1.29, 1.82) is 0 Å². The SMILES string of the molecule is COc1ccc(-c2nc(C)nn2-c2cccc(C(=O)NCCc3ccsc3)c2)cc1. The van der Waals surface area contributed by atoms with Crippen molar-refractivity contribution in [1.82, 2.24) is 20.1 Å². The van der Waals surface area contributed by atoms with Gasteiger partial charge in [0.2, 0.25) is 0 Å². The van der Waals surface area contributed by atoms with Crippen LogP contribution in [-0.2, 0) is 6.42 Å². The second-order valence-electron chi connectivity index (χ2n) is 6.81. The minimum atomic E-state index is -0.102. The first kappa shape index (κ1) is 19.8. The van der Waals surface area contributed by atoms with Crippen molar-refractivity contribution in [2.45, 2.75) is 13.3 Å². The van der Waals surface area contributed by atoms with Gasteiger partial charge in [-0.05, 0) is 78.2 Å². The van der Waals surface area contributed by atoms with Crippen LogP contribution in [0.25, 0.3) is 17.1 Å². The Kier molecular flexibility index (Phi) is 5.90. The number of thiophene rings is 1. The van der Waals surface area contributed by atoms with Gasteiger partial charge in [-0.25, -0.2) is 9.67 Å². The fourth-order valence-corrected chi connectivity index (χ4v) is 3.86. The molecule has 0 saturated heterocycles. The molecule has 0 atom stereocenters. The van der Waals surface area contributed by atoms with Gasteiger partial charge < -0.3 is 10.1 Å². The second-order valence-corrected chi connectivity index (χ2v) is 7.59. The molecule has 0 spiro atoms. The van der Waals surface area contributed by atoms with E-state index in [4.69, 9.17) is 4.74 Å². The van der Waals surface area contributed by atoms with E-state index in [-0.39, 0.29) is 5.91 Å². The number of nitrogens with zero attached hydrogens (tertiary/aromatic N) is 3. The van der Waals surface area contributed by atoms with Gasteiger partial charge in [0.1, 0.15) is 11.6 Å². The molecule has 2 heterocycles. The van der Waals surface area contributed by atoms with Crippen molar-refractivity contribution in [3.05, 3.63) is 82.3 Å². The van der Waals surface area contributed by atoms with Crippen LogP contribution in [0.1, 0.15) is 21.7 Å². The van der Waals surface area contributed by atoms with Crippen molar-refractivity contribution in [3.8, 4) is 22.8 Å². The summed E-state index contributed by atoms with van der Waals surface area (Å²) >= 11 is 1.66. The zero-order valence-electron chi connectivity index (χ0n) is 16.8. The summed E-state index contributed by atoms with van der Waals surface area (Å²) in [7, 11) is 1.64. The maximum atomic E-state index is 12.6. The first-order valence-electron chi connectivity index (χ1n) is 9.62. The van der Waals surface area contributed by atoms with E-state index in [9.17, 15) is 4.79 Å². The summed E-state index contributed by atoms with van der Waals surface area (Å²) in [6, 6.07) is 17.2. The normalized spacial score (nSPS) is 10.7. The molecule has 1 amide bonds. The number of hydrogen-bond acceptors (Lipinski definition) is 5. The van der Waals surface area contributed by atoms with Crippen LogP contribution in [0.2, 0.25) is 0 Å². The average Bonchev–Trinajstić information content (AvgIpc) is 3.43. The smallest absolute Gasteiger partial charge is 0.251 e. The molecule has 0 aliphatic heterocycles. The number of methoxy groups -OCH3 is 1. The molecule has 2 aromatic heterocycles. The third-order valence-corrected chi connectivity index (χ3v) is 5.43. The van der Waals surface area contributed by atoms with Crippen LogP contribution in [0, 0.1) is 6.92 Å². The minimum Gasteiger partial charge on any atom is -0.497 e. The van der Waals surface area contributed by atoms with Crippen LogP contribution in [0.4, 0.5) is 0 Å². The minimum absolute atomic E-state index is 0.102. The summed E-state index contributed by atoms with van der Waals surface area (Å²) in [5.41, 5.74) is 3.52. The van der Waals surface area contributed by atoms with Crippen LogP contribution < -0.4 is 10.1 Å². The Balaban J connectivity index is 1.55. The van der Waals surface area contributed by atoms with Crippen molar-refractivity contribution in [2.24, 2.45) is 0 Å². The molecule has 7 heteroatoms. The molecule has 0 bridgehead atoms. The van der Waals surface area contributed by atoms with E-state index in [0.29, 0.717) is 23.8 Å². The van der Waals surface area contributed by atoms with Crippen LogP contribution >= 0.6 is 11.3 Å². The zero-order chi connectivity index (χ0) is 20.9. The van der Waals surface area contributed by atoms with Gasteiger partial charge in [0.15, 0.2) is 5.82 Å². The maximum absolute atomic E-state index is 12.6. The predicted octanol–water partition coefficient (Wildman–Crippen LogP) is 4.29. The number of ether oxygens (including phenoxy) is 1. The van der Waals surface area contributed by atoms with E-state index >= 15 is 0 Å².